The number of rotatable bonds is 3. The molecule has 1 atom stereocenters. The number of nitrogens with zero attached hydrogens (tertiary/aromatic N) is 1. The lowest BCUT2D eigenvalue weighted by molar-refractivity contribution is -0.133. The van der Waals surface area contributed by atoms with Gasteiger partial charge >= 0.3 is 6.03 Å². The van der Waals surface area contributed by atoms with E-state index in [1.54, 1.807) is 11.8 Å². The maximum atomic E-state index is 12.6. The molecule has 1 aliphatic carbocycles. The number of carbonyl (C=O) groups excluding carboxylic acids is 2. The first-order valence-corrected chi connectivity index (χ1v) is 9.04. The predicted octanol–water partition coefficient (Wildman–Crippen LogP) is 2.86. The van der Waals surface area contributed by atoms with Gasteiger partial charge < -0.3 is 15.5 Å². The van der Waals surface area contributed by atoms with Crippen LogP contribution in [-0.2, 0) is 17.8 Å². The molecule has 5 nitrogen and oxygen atoms in total. The van der Waals surface area contributed by atoms with Crippen LogP contribution in [0.1, 0.15) is 43.7 Å². The topological polar surface area (TPSA) is 61.4 Å². The zero-order valence-electron chi connectivity index (χ0n) is 14.0. The number of amides is 3. The van der Waals surface area contributed by atoms with Crippen LogP contribution in [0.5, 0.6) is 0 Å². The fourth-order valence-electron chi connectivity index (χ4n) is 3.54. The van der Waals surface area contributed by atoms with Crippen LogP contribution >= 0.6 is 11.6 Å². The number of hydrogen-bond acceptors (Lipinski definition) is 2. The minimum Gasteiger partial charge on any atom is -0.336 e. The summed E-state index contributed by atoms with van der Waals surface area (Å²) >= 11 is 6.02. The summed E-state index contributed by atoms with van der Waals surface area (Å²) in [6.07, 6.45) is 5.18. The fourth-order valence-corrected chi connectivity index (χ4v) is 3.73. The highest BCUT2D eigenvalue weighted by Crippen LogP contribution is 2.23. The molecule has 1 aromatic carbocycles. The first-order chi connectivity index (χ1) is 11.5. The van der Waals surface area contributed by atoms with E-state index in [1.165, 1.54) is 5.56 Å². The molecule has 0 saturated heterocycles. The predicted molar refractivity (Wildman–Crippen MR) is 94.0 cm³/mol. The average molecular weight is 350 g/mol. The van der Waals surface area contributed by atoms with Gasteiger partial charge in [0.15, 0.2) is 0 Å². The van der Waals surface area contributed by atoms with Crippen molar-refractivity contribution >= 4 is 23.5 Å². The number of nitrogens with one attached hydrogen (secondary N) is 2. The molecule has 2 aliphatic rings. The number of hydrogen-bond donors (Lipinski definition) is 2. The van der Waals surface area contributed by atoms with Crippen molar-refractivity contribution in [2.75, 3.05) is 6.54 Å². The Morgan fingerprint density at radius 3 is 2.75 bits per heavy atom. The first kappa shape index (κ1) is 17.1. The van der Waals surface area contributed by atoms with E-state index >= 15 is 0 Å². The molecule has 24 heavy (non-hydrogen) atoms. The molecule has 130 valence electrons. The molecule has 1 aliphatic heterocycles. The van der Waals surface area contributed by atoms with Gasteiger partial charge in [-0.25, -0.2) is 4.79 Å². The maximum absolute atomic E-state index is 12.6. The maximum Gasteiger partial charge on any atom is 0.315 e. The first-order valence-electron chi connectivity index (χ1n) is 8.66. The van der Waals surface area contributed by atoms with Crippen LogP contribution in [0, 0.1) is 0 Å². The van der Waals surface area contributed by atoms with E-state index in [0.717, 1.165) is 42.7 Å². The summed E-state index contributed by atoms with van der Waals surface area (Å²) in [5.74, 6) is -0.0443. The van der Waals surface area contributed by atoms with E-state index in [9.17, 15) is 9.59 Å². The number of urea groups is 1. The van der Waals surface area contributed by atoms with Gasteiger partial charge in [0.2, 0.25) is 5.91 Å². The van der Waals surface area contributed by atoms with Crippen LogP contribution in [0.25, 0.3) is 0 Å². The number of fused-ring (bicyclic) bond motifs is 1. The van der Waals surface area contributed by atoms with E-state index in [0.29, 0.717) is 13.1 Å². The van der Waals surface area contributed by atoms with Gasteiger partial charge in [-0.1, -0.05) is 30.5 Å². The highest BCUT2D eigenvalue weighted by Gasteiger charge is 2.26. The smallest absolute Gasteiger partial charge is 0.315 e. The Labute approximate surface area is 147 Å². The van der Waals surface area contributed by atoms with Gasteiger partial charge in [-0.15, -0.1) is 0 Å². The lowest BCUT2D eigenvalue weighted by Crippen LogP contribution is -2.52. The van der Waals surface area contributed by atoms with Crippen LogP contribution in [0.15, 0.2) is 18.2 Å². The largest absolute Gasteiger partial charge is 0.336 e. The van der Waals surface area contributed by atoms with Crippen molar-refractivity contribution in [1.29, 1.82) is 0 Å². The van der Waals surface area contributed by atoms with Crippen molar-refractivity contribution in [1.82, 2.24) is 15.5 Å². The van der Waals surface area contributed by atoms with Gasteiger partial charge in [-0.05, 0) is 49.4 Å². The minimum atomic E-state index is -0.528. The number of benzene rings is 1. The molecule has 0 spiro atoms. The van der Waals surface area contributed by atoms with Crippen LogP contribution in [0.2, 0.25) is 5.02 Å². The van der Waals surface area contributed by atoms with Gasteiger partial charge in [0.1, 0.15) is 6.04 Å². The molecule has 3 amide bonds. The monoisotopic (exact) mass is 349 g/mol. The Hall–Kier alpha value is -1.75. The summed E-state index contributed by atoms with van der Waals surface area (Å²) in [6, 6.07) is 5.27. The lowest BCUT2D eigenvalue weighted by Gasteiger charge is -2.31. The van der Waals surface area contributed by atoms with Crippen molar-refractivity contribution < 1.29 is 9.59 Å². The normalized spacial score (nSPS) is 18.8. The molecule has 2 N–H and O–H groups in total. The Kier molecular flexibility index (Phi) is 5.29. The quantitative estimate of drug-likeness (QED) is 0.881. The van der Waals surface area contributed by atoms with Crippen molar-refractivity contribution in [3.8, 4) is 0 Å². The van der Waals surface area contributed by atoms with Crippen LogP contribution in [-0.4, -0.2) is 35.5 Å². The molecule has 1 aromatic rings. The molecule has 0 radical (unpaired) electrons. The zero-order chi connectivity index (χ0) is 17.1. The zero-order valence-corrected chi connectivity index (χ0v) is 14.7. The van der Waals surface area contributed by atoms with E-state index in [4.69, 9.17) is 11.6 Å². The molecule has 3 rings (SSSR count). The molecule has 1 heterocycles. The molecular weight excluding hydrogens is 326 g/mol. The number of carbonyl (C=O) groups is 2. The summed E-state index contributed by atoms with van der Waals surface area (Å²) in [7, 11) is 0. The fraction of sp³-hybridized carbons (Fsp3) is 0.556. The van der Waals surface area contributed by atoms with Crippen molar-refractivity contribution in [3.63, 3.8) is 0 Å². The molecule has 0 bridgehead atoms. The molecule has 1 unspecified atom stereocenters. The standard InChI is InChI=1S/C18H24ClN3O2/c1-12(20-18(24)21-16-4-2-3-5-16)17(23)22-9-8-13-10-15(19)7-6-14(13)11-22/h6-7,10,12,16H,2-5,8-9,11H2,1H3,(H2,20,21,24). The highest BCUT2D eigenvalue weighted by molar-refractivity contribution is 6.30. The summed E-state index contributed by atoms with van der Waals surface area (Å²) < 4.78 is 0. The van der Waals surface area contributed by atoms with Gasteiger partial charge in [0.05, 0.1) is 0 Å². The average Bonchev–Trinajstić information content (AvgIpc) is 3.06. The van der Waals surface area contributed by atoms with Crippen molar-refractivity contribution in [3.05, 3.63) is 34.3 Å². The molecule has 1 saturated carbocycles. The third-order valence-electron chi connectivity index (χ3n) is 4.90. The Morgan fingerprint density at radius 1 is 1.25 bits per heavy atom. The van der Waals surface area contributed by atoms with Crippen LogP contribution in [0.4, 0.5) is 4.79 Å². The highest BCUT2D eigenvalue weighted by atomic mass is 35.5. The van der Waals surface area contributed by atoms with Crippen molar-refractivity contribution in [2.45, 2.75) is 57.7 Å². The third-order valence-corrected chi connectivity index (χ3v) is 5.14. The second kappa shape index (κ2) is 7.43. The molecule has 1 fully saturated rings. The summed E-state index contributed by atoms with van der Waals surface area (Å²) in [4.78, 5) is 26.4. The van der Waals surface area contributed by atoms with Crippen molar-refractivity contribution in [2.24, 2.45) is 0 Å². The van der Waals surface area contributed by atoms with E-state index in [-0.39, 0.29) is 18.0 Å². The Morgan fingerprint density at radius 2 is 2.00 bits per heavy atom. The van der Waals surface area contributed by atoms with E-state index < -0.39 is 6.04 Å². The molecular formula is C18H24ClN3O2. The molecule has 0 aromatic heterocycles. The number of halogens is 1. The van der Waals surface area contributed by atoms with Gasteiger partial charge in [0.25, 0.3) is 0 Å². The van der Waals surface area contributed by atoms with Gasteiger partial charge in [-0.3, -0.25) is 4.79 Å². The SMILES string of the molecule is CC(NC(=O)NC1CCCC1)C(=O)N1CCc2cc(Cl)ccc2C1. The summed E-state index contributed by atoms with van der Waals surface area (Å²) in [5, 5.41) is 6.46. The van der Waals surface area contributed by atoms with E-state index in [2.05, 4.69) is 10.6 Å². The summed E-state index contributed by atoms with van der Waals surface area (Å²) in [6.45, 7) is 2.97. The van der Waals surface area contributed by atoms with Crippen LogP contribution < -0.4 is 10.6 Å². The minimum absolute atomic E-state index is 0.0443. The second-order valence-electron chi connectivity index (χ2n) is 6.74. The van der Waals surface area contributed by atoms with Gasteiger partial charge in [0, 0.05) is 24.2 Å². The third kappa shape index (κ3) is 4.01. The Bertz CT molecular complexity index is 629. The summed E-state index contributed by atoms with van der Waals surface area (Å²) in [5.41, 5.74) is 2.33. The van der Waals surface area contributed by atoms with Crippen LogP contribution in [0.3, 0.4) is 0 Å². The second-order valence-corrected chi connectivity index (χ2v) is 7.18. The van der Waals surface area contributed by atoms with Gasteiger partial charge in [-0.2, -0.15) is 0 Å². The Balaban J connectivity index is 1.54. The van der Waals surface area contributed by atoms with E-state index in [1.807, 2.05) is 18.2 Å². The molecule has 6 heteroatoms. The lowest BCUT2D eigenvalue weighted by atomic mass is 9.99.